The van der Waals surface area contributed by atoms with Crippen LogP contribution in [0.25, 0.3) is 0 Å². The second-order valence-electron chi connectivity index (χ2n) is 4.06. The van der Waals surface area contributed by atoms with Gasteiger partial charge in [-0.2, -0.15) is 0 Å². The monoisotopic (exact) mass is 251 g/mol. The number of rotatable bonds is 8. The third-order valence-corrected chi connectivity index (χ3v) is 2.57. The maximum absolute atomic E-state index is 11.1. The van der Waals surface area contributed by atoms with Crippen molar-refractivity contribution in [1.29, 1.82) is 0 Å². The van der Waals surface area contributed by atoms with E-state index in [1.54, 1.807) is 0 Å². The van der Waals surface area contributed by atoms with E-state index in [-0.39, 0.29) is 12.6 Å². The molecule has 18 heavy (non-hydrogen) atoms. The fraction of sp³-hybridized carbons (Fsp3) is 0.500. The quantitative estimate of drug-likeness (QED) is 0.544. The van der Waals surface area contributed by atoms with Gasteiger partial charge in [-0.05, 0) is 31.0 Å². The maximum Gasteiger partial charge on any atom is 0.305 e. The predicted octanol–water partition coefficient (Wildman–Crippen LogP) is 1.61. The van der Waals surface area contributed by atoms with E-state index in [1.807, 2.05) is 31.2 Å². The number of benzene rings is 1. The van der Waals surface area contributed by atoms with E-state index in [9.17, 15) is 4.79 Å². The molecule has 0 aliphatic heterocycles. The number of carbonyl (C=O) groups excluding carboxylic acids is 1. The summed E-state index contributed by atoms with van der Waals surface area (Å²) in [5.74, 6) is -0.133. The summed E-state index contributed by atoms with van der Waals surface area (Å²) >= 11 is 0. The van der Waals surface area contributed by atoms with Crippen LogP contribution in [0, 0.1) is 0 Å². The highest BCUT2D eigenvalue weighted by molar-refractivity contribution is 5.69. The summed E-state index contributed by atoms with van der Waals surface area (Å²) in [5, 5.41) is 12.2. The Kier molecular flexibility index (Phi) is 7.06. The van der Waals surface area contributed by atoms with E-state index in [4.69, 9.17) is 9.84 Å². The van der Waals surface area contributed by atoms with Crippen molar-refractivity contribution in [3.63, 3.8) is 0 Å². The summed E-state index contributed by atoms with van der Waals surface area (Å²) < 4.78 is 4.84. The van der Waals surface area contributed by atoms with Crippen LogP contribution < -0.4 is 5.32 Å². The molecule has 0 heterocycles. The van der Waals surface area contributed by atoms with Crippen LogP contribution in [0.15, 0.2) is 24.3 Å². The van der Waals surface area contributed by atoms with Gasteiger partial charge in [0.15, 0.2) is 0 Å². The molecule has 0 spiro atoms. The van der Waals surface area contributed by atoms with Crippen LogP contribution in [0.3, 0.4) is 0 Å². The lowest BCUT2D eigenvalue weighted by Crippen LogP contribution is -2.16. The molecule has 1 aromatic rings. The van der Waals surface area contributed by atoms with Crippen molar-refractivity contribution >= 4 is 5.97 Å². The molecule has 0 radical (unpaired) electrons. The fourth-order valence-electron chi connectivity index (χ4n) is 1.59. The molecule has 0 unspecified atom stereocenters. The van der Waals surface area contributed by atoms with Crippen LogP contribution in [0.5, 0.6) is 0 Å². The molecule has 2 N–H and O–H groups in total. The van der Waals surface area contributed by atoms with Crippen LogP contribution in [0.1, 0.15) is 30.9 Å². The zero-order valence-corrected chi connectivity index (χ0v) is 10.8. The van der Waals surface area contributed by atoms with E-state index in [2.05, 4.69) is 5.32 Å². The van der Waals surface area contributed by atoms with Crippen LogP contribution >= 0.6 is 0 Å². The zero-order chi connectivity index (χ0) is 13.2. The lowest BCUT2D eigenvalue weighted by Gasteiger charge is -2.05. The highest BCUT2D eigenvalue weighted by atomic mass is 16.5. The van der Waals surface area contributed by atoms with Crippen molar-refractivity contribution in [3.8, 4) is 0 Å². The minimum absolute atomic E-state index is 0.0766. The number of hydrogen-bond donors (Lipinski definition) is 2. The maximum atomic E-state index is 11.1. The molecule has 0 amide bonds. The number of nitrogens with one attached hydrogen (secondary N) is 1. The standard InChI is InChI=1S/C14H21NO3/c1-2-18-14(17)4-3-9-15-10-12-5-7-13(11-16)8-6-12/h5-8,15-16H,2-4,9-11H2,1H3. The Balaban J connectivity index is 2.12. The van der Waals surface area contributed by atoms with Gasteiger partial charge in [0.2, 0.25) is 0 Å². The molecular formula is C14H21NO3. The van der Waals surface area contributed by atoms with Gasteiger partial charge in [0.1, 0.15) is 0 Å². The minimum atomic E-state index is -0.133. The van der Waals surface area contributed by atoms with Crippen molar-refractivity contribution in [2.24, 2.45) is 0 Å². The SMILES string of the molecule is CCOC(=O)CCCNCc1ccc(CO)cc1. The van der Waals surface area contributed by atoms with Gasteiger partial charge in [-0.15, -0.1) is 0 Å². The highest BCUT2D eigenvalue weighted by Gasteiger charge is 2.00. The van der Waals surface area contributed by atoms with E-state index in [0.717, 1.165) is 25.1 Å². The Labute approximate surface area is 108 Å². The van der Waals surface area contributed by atoms with Gasteiger partial charge in [-0.1, -0.05) is 24.3 Å². The predicted molar refractivity (Wildman–Crippen MR) is 69.9 cm³/mol. The molecule has 1 aromatic carbocycles. The van der Waals surface area contributed by atoms with E-state index < -0.39 is 0 Å². The minimum Gasteiger partial charge on any atom is -0.466 e. The Bertz CT molecular complexity index is 349. The number of hydrogen-bond acceptors (Lipinski definition) is 4. The molecular weight excluding hydrogens is 230 g/mol. The second kappa shape index (κ2) is 8.66. The first kappa shape index (κ1) is 14.7. The fourth-order valence-corrected chi connectivity index (χ4v) is 1.59. The Hall–Kier alpha value is -1.39. The van der Waals surface area contributed by atoms with Gasteiger partial charge in [-0.25, -0.2) is 0 Å². The number of aliphatic hydroxyl groups excluding tert-OH is 1. The molecule has 0 aliphatic carbocycles. The molecule has 4 heteroatoms. The van der Waals surface area contributed by atoms with Crippen LogP contribution in [0.2, 0.25) is 0 Å². The first-order chi connectivity index (χ1) is 8.76. The Morgan fingerprint density at radius 2 is 1.94 bits per heavy atom. The molecule has 4 nitrogen and oxygen atoms in total. The molecule has 0 saturated heterocycles. The van der Waals surface area contributed by atoms with Gasteiger partial charge in [-0.3, -0.25) is 4.79 Å². The van der Waals surface area contributed by atoms with Crippen molar-refractivity contribution in [3.05, 3.63) is 35.4 Å². The lowest BCUT2D eigenvalue weighted by molar-refractivity contribution is -0.143. The van der Waals surface area contributed by atoms with E-state index >= 15 is 0 Å². The summed E-state index contributed by atoms with van der Waals surface area (Å²) in [6.07, 6.45) is 1.25. The van der Waals surface area contributed by atoms with Crippen molar-refractivity contribution < 1.29 is 14.6 Å². The summed E-state index contributed by atoms with van der Waals surface area (Å²) in [7, 11) is 0. The molecule has 0 bridgehead atoms. The van der Waals surface area contributed by atoms with Crippen LogP contribution in [0.4, 0.5) is 0 Å². The zero-order valence-electron chi connectivity index (χ0n) is 10.8. The van der Waals surface area contributed by atoms with E-state index in [0.29, 0.717) is 13.0 Å². The van der Waals surface area contributed by atoms with Gasteiger partial charge in [0, 0.05) is 13.0 Å². The highest BCUT2D eigenvalue weighted by Crippen LogP contribution is 2.04. The van der Waals surface area contributed by atoms with E-state index in [1.165, 1.54) is 5.56 Å². The summed E-state index contributed by atoms with van der Waals surface area (Å²) in [6.45, 7) is 3.90. The number of aliphatic hydroxyl groups is 1. The first-order valence-electron chi connectivity index (χ1n) is 6.31. The average Bonchev–Trinajstić information content (AvgIpc) is 2.39. The summed E-state index contributed by atoms with van der Waals surface area (Å²) in [4.78, 5) is 11.1. The smallest absolute Gasteiger partial charge is 0.305 e. The normalized spacial score (nSPS) is 10.3. The van der Waals surface area contributed by atoms with Crippen molar-refractivity contribution in [1.82, 2.24) is 5.32 Å². The van der Waals surface area contributed by atoms with Gasteiger partial charge in [0.05, 0.1) is 13.2 Å². The molecule has 1 rings (SSSR count). The summed E-state index contributed by atoms with van der Waals surface area (Å²) in [6, 6.07) is 7.80. The average molecular weight is 251 g/mol. The second-order valence-corrected chi connectivity index (χ2v) is 4.06. The largest absolute Gasteiger partial charge is 0.466 e. The lowest BCUT2D eigenvalue weighted by atomic mass is 10.1. The number of ether oxygens (including phenoxy) is 1. The molecule has 100 valence electrons. The molecule has 0 atom stereocenters. The number of carbonyl (C=O) groups is 1. The Morgan fingerprint density at radius 1 is 1.28 bits per heavy atom. The van der Waals surface area contributed by atoms with Gasteiger partial charge in [0.25, 0.3) is 0 Å². The molecule has 0 saturated carbocycles. The van der Waals surface area contributed by atoms with Crippen LogP contribution in [-0.4, -0.2) is 24.2 Å². The van der Waals surface area contributed by atoms with Crippen molar-refractivity contribution in [2.75, 3.05) is 13.2 Å². The molecule has 0 fully saturated rings. The van der Waals surface area contributed by atoms with Gasteiger partial charge >= 0.3 is 5.97 Å². The number of esters is 1. The third kappa shape index (κ3) is 5.80. The summed E-state index contributed by atoms with van der Waals surface area (Å²) in [5.41, 5.74) is 2.09. The third-order valence-electron chi connectivity index (χ3n) is 2.57. The van der Waals surface area contributed by atoms with Gasteiger partial charge < -0.3 is 15.2 Å². The molecule has 0 aromatic heterocycles. The Morgan fingerprint density at radius 3 is 2.56 bits per heavy atom. The topological polar surface area (TPSA) is 58.6 Å². The van der Waals surface area contributed by atoms with Crippen LogP contribution in [-0.2, 0) is 22.7 Å². The molecule has 0 aliphatic rings. The first-order valence-corrected chi connectivity index (χ1v) is 6.31. The van der Waals surface area contributed by atoms with Crippen molar-refractivity contribution in [2.45, 2.75) is 32.9 Å².